The summed E-state index contributed by atoms with van der Waals surface area (Å²) in [5, 5.41) is 19.6. The molecule has 2 heterocycles. The van der Waals surface area contributed by atoms with Crippen molar-refractivity contribution in [2.75, 3.05) is 20.8 Å². The SMILES string of the molecule is COc1cc2c(cc1OC)C1(c3ccccc3)C(C#N)C(C#N)=C(F)N1CC2. The van der Waals surface area contributed by atoms with Gasteiger partial charge in [-0.05, 0) is 35.2 Å². The molecule has 4 rings (SSSR count). The van der Waals surface area contributed by atoms with Gasteiger partial charge in [-0.2, -0.15) is 14.9 Å². The lowest BCUT2D eigenvalue weighted by atomic mass is 9.68. The van der Waals surface area contributed by atoms with Crippen LogP contribution in [0.2, 0.25) is 0 Å². The first kappa shape index (κ1) is 17.9. The van der Waals surface area contributed by atoms with E-state index in [0.717, 1.165) is 16.7 Å². The van der Waals surface area contributed by atoms with E-state index in [-0.39, 0.29) is 5.57 Å². The second-order valence-corrected chi connectivity index (χ2v) is 6.78. The van der Waals surface area contributed by atoms with Crippen molar-refractivity contribution < 1.29 is 13.9 Å². The molecule has 0 amide bonds. The highest BCUT2D eigenvalue weighted by atomic mass is 19.1. The van der Waals surface area contributed by atoms with Gasteiger partial charge in [0.15, 0.2) is 11.5 Å². The molecular weight excluding hydrogens is 357 g/mol. The molecule has 2 aliphatic rings. The zero-order valence-corrected chi connectivity index (χ0v) is 15.6. The molecule has 0 saturated heterocycles. The van der Waals surface area contributed by atoms with Crippen LogP contribution in [0.3, 0.4) is 0 Å². The van der Waals surface area contributed by atoms with Gasteiger partial charge in [0.25, 0.3) is 0 Å². The van der Waals surface area contributed by atoms with Crippen LogP contribution in [0, 0.1) is 28.6 Å². The van der Waals surface area contributed by atoms with E-state index in [2.05, 4.69) is 6.07 Å². The Morgan fingerprint density at radius 1 is 1.11 bits per heavy atom. The summed E-state index contributed by atoms with van der Waals surface area (Å²) in [7, 11) is 3.10. The molecular formula is C22H18FN3O2. The average Bonchev–Trinajstić information content (AvgIpc) is 3.01. The Morgan fingerprint density at radius 2 is 1.79 bits per heavy atom. The smallest absolute Gasteiger partial charge is 0.206 e. The Bertz CT molecular complexity index is 1050. The van der Waals surface area contributed by atoms with Crippen LogP contribution in [-0.2, 0) is 12.0 Å². The number of ether oxygens (including phenoxy) is 2. The maximum atomic E-state index is 15.3. The Kier molecular flexibility index (Phi) is 4.20. The summed E-state index contributed by atoms with van der Waals surface area (Å²) in [5.41, 5.74) is 1.21. The molecule has 2 aromatic carbocycles. The van der Waals surface area contributed by atoms with Crippen LogP contribution in [-0.4, -0.2) is 25.7 Å². The van der Waals surface area contributed by atoms with Crippen molar-refractivity contribution in [3.63, 3.8) is 0 Å². The molecule has 28 heavy (non-hydrogen) atoms. The molecule has 2 aromatic rings. The number of hydrogen-bond acceptors (Lipinski definition) is 5. The molecule has 0 N–H and O–H groups in total. The minimum Gasteiger partial charge on any atom is -0.493 e. The summed E-state index contributed by atoms with van der Waals surface area (Å²) in [4.78, 5) is 1.56. The maximum absolute atomic E-state index is 15.3. The van der Waals surface area contributed by atoms with Gasteiger partial charge in [-0.15, -0.1) is 0 Å². The molecule has 2 unspecified atom stereocenters. The van der Waals surface area contributed by atoms with Crippen LogP contribution in [0.1, 0.15) is 16.7 Å². The number of nitrogens with zero attached hydrogens (tertiary/aromatic N) is 3. The molecule has 0 radical (unpaired) electrons. The highest BCUT2D eigenvalue weighted by molar-refractivity contribution is 5.60. The lowest BCUT2D eigenvalue weighted by molar-refractivity contribution is 0.126. The van der Waals surface area contributed by atoms with Gasteiger partial charge in [0.1, 0.15) is 23.1 Å². The zero-order valence-electron chi connectivity index (χ0n) is 15.6. The summed E-state index contributed by atoms with van der Waals surface area (Å²) in [5.74, 6) is -0.519. The topological polar surface area (TPSA) is 69.3 Å². The third-order valence-electron chi connectivity index (χ3n) is 5.68. The molecule has 5 nitrogen and oxygen atoms in total. The summed E-state index contributed by atoms with van der Waals surface area (Å²) < 4.78 is 26.2. The number of halogens is 1. The van der Waals surface area contributed by atoms with Crippen molar-refractivity contribution in [1.82, 2.24) is 4.90 Å². The molecule has 0 saturated carbocycles. The molecule has 2 atom stereocenters. The van der Waals surface area contributed by atoms with Gasteiger partial charge in [0, 0.05) is 6.54 Å². The fourth-order valence-corrected chi connectivity index (χ4v) is 4.51. The minimum atomic E-state index is -1.13. The molecule has 0 bridgehead atoms. The van der Waals surface area contributed by atoms with Gasteiger partial charge >= 0.3 is 0 Å². The van der Waals surface area contributed by atoms with E-state index in [0.29, 0.717) is 24.5 Å². The summed E-state index contributed by atoms with van der Waals surface area (Å²) in [6.45, 7) is 0.354. The number of benzene rings is 2. The van der Waals surface area contributed by atoms with Gasteiger partial charge in [-0.3, -0.25) is 0 Å². The van der Waals surface area contributed by atoms with Gasteiger partial charge < -0.3 is 14.4 Å². The van der Waals surface area contributed by atoms with E-state index >= 15 is 4.39 Å². The first-order valence-electron chi connectivity index (χ1n) is 8.91. The van der Waals surface area contributed by atoms with Crippen molar-refractivity contribution in [1.29, 1.82) is 10.5 Å². The molecule has 0 aromatic heterocycles. The van der Waals surface area contributed by atoms with E-state index in [1.54, 1.807) is 12.0 Å². The normalized spacial score (nSPS) is 22.8. The van der Waals surface area contributed by atoms with E-state index in [4.69, 9.17) is 9.47 Å². The highest BCUT2D eigenvalue weighted by Gasteiger charge is 2.58. The predicted octanol–water partition coefficient (Wildman–Crippen LogP) is 3.66. The summed E-state index contributed by atoms with van der Waals surface area (Å²) in [6, 6.07) is 17.2. The van der Waals surface area contributed by atoms with Crippen LogP contribution in [0.25, 0.3) is 0 Å². The number of methoxy groups -OCH3 is 2. The Hall–Kier alpha value is -3.51. The molecule has 0 aliphatic carbocycles. The number of rotatable bonds is 3. The monoisotopic (exact) mass is 375 g/mol. The molecule has 0 fully saturated rings. The number of nitriles is 2. The highest BCUT2D eigenvalue weighted by Crippen LogP contribution is 2.56. The molecule has 0 spiro atoms. The third kappa shape index (κ3) is 2.15. The Labute approximate surface area is 162 Å². The minimum absolute atomic E-state index is 0.131. The van der Waals surface area contributed by atoms with E-state index in [1.807, 2.05) is 48.5 Å². The van der Waals surface area contributed by atoms with Crippen LogP contribution in [0.5, 0.6) is 11.5 Å². The van der Waals surface area contributed by atoms with Crippen LogP contribution in [0.15, 0.2) is 54.0 Å². The quantitative estimate of drug-likeness (QED) is 0.766. The second-order valence-electron chi connectivity index (χ2n) is 6.78. The average molecular weight is 375 g/mol. The lowest BCUT2D eigenvalue weighted by Crippen LogP contribution is -2.50. The van der Waals surface area contributed by atoms with Gasteiger partial charge in [0.05, 0.1) is 20.3 Å². The lowest BCUT2D eigenvalue weighted by Gasteiger charge is -2.47. The van der Waals surface area contributed by atoms with E-state index in [1.165, 1.54) is 7.11 Å². The van der Waals surface area contributed by atoms with Crippen molar-refractivity contribution >= 4 is 0 Å². The van der Waals surface area contributed by atoms with Gasteiger partial charge in [-0.25, -0.2) is 0 Å². The van der Waals surface area contributed by atoms with Gasteiger partial charge in [-0.1, -0.05) is 30.3 Å². The maximum Gasteiger partial charge on any atom is 0.206 e. The first-order chi connectivity index (χ1) is 13.6. The zero-order chi connectivity index (χ0) is 19.9. The molecule has 6 heteroatoms. The summed E-state index contributed by atoms with van der Waals surface area (Å²) in [6.07, 6.45) is 0.564. The largest absolute Gasteiger partial charge is 0.493 e. The van der Waals surface area contributed by atoms with Crippen molar-refractivity contribution in [3.05, 3.63) is 70.7 Å². The number of fused-ring (bicyclic) bond motifs is 3. The predicted molar refractivity (Wildman–Crippen MR) is 100 cm³/mol. The fraction of sp³-hybridized carbons (Fsp3) is 0.273. The van der Waals surface area contributed by atoms with E-state index in [9.17, 15) is 10.5 Å². The summed E-state index contributed by atoms with van der Waals surface area (Å²) >= 11 is 0. The van der Waals surface area contributed by atoms with Crippen LogP contribution < -0.4 is 9.47 Å². The fourth-order valence-electron chi connectivity index (χ4n) is 4.51. The third-order valence-corrected chi connectivity index (χ3v) is 5.68. The van der Waals surface area contributed by atoms with Crippen LogP contribution in [0.4, 0.5) is 4.39 Å². The molecule has 140 valence electrons. The van der Waals surface area contributed by atoms with Crippen molar-refractivity contribution in [2.24, 2.45) is 5.92 Å². The standard InChI is InChI=1S/C22H18FN3O2/c1-27-19-10-14-8-9-26-21(23)16(12-24)18(13-25)22(26,15-6-4-3-5-7-15)17(14)11-20(19)28-2/h3-7,10-11,18H,8-9H2,1-2H3. The van der Waals surface area contributed by atoms with Gasteiger partial charge in [0.2, 0.25) is 5.95 Å². The second kappa shape index (κ2) is 6.58. The van der Waals surface area contributed by atoms with Crippen molar-refractivity contribution in [3.8, 4) is 23.6 Å². The van der Waals surface area contributed by atoms with Crippen LogP contribution >= 0.6 is 0 Å². The Morgan fingerprint density at radius 3 is 2.39 bits per heavy atom. The van der Waals surface area contributed by atoms with E-state index < -0.39 is 17.4 Å². The Balaban J connectivity index is 2.10. The first-order valence-corrected chi connectivity index (χ1v) is 8.91. The molecule has 2 aliphatic heterocycles. The number of hydrogen-bond donors (Lipinski definition) is 0. The van der Waals surface area contributed by atoms with Crippen molar-refractivity contribution in [2.45, 2.75) is 12.0 Å².